The largest absolute Gasteiger partial charge is 0.372 e. The second-order valence-corrected chi connectivity index (χ2v) is 6.57. The first-order valence-electron chi connectivity index (χ1n) is 8.13. The van der Waals surface area contributed by atoms with Gasteiger partial charge in [-0.3, -0.25) is 14.5 Å². The number of hydrogen-bond acceptors (Lipinski definition) is 4. The van der Waals surface area contributed by atoms with Gasteiger partial charge in [-0.15, -0.1) is 0 Å². The Labute approximate surface area is 142 Å². The molecule has 0 radical (unpaired) electrons. The summed E-state index contributed by atoms with van der Waals surface area (Å²) >= 11 is 1.03. The maximum atomic E-state index is 12.4. The van der Waals surface area contributed by atoms with E-state index in [2.05, 4.69) is 30.9 Å². The van der Waals surface area contributed by atoms with Gasteiger partial charge in [0.2, 0.25) is 0 Å². The Morgan fingerprint density at radius 3 is 2.26 bits per heavy atom. The fraction of sp³-hybridized carbons (Fsp3) is 0.444. The number of anilines is 1. The molecule has 2 rings (SSSR count). The summed E-state index contributed by atoms with van der Waals surface area (Å²) in [5.41, 5.74) is 2.11. The first kappa shape index (κ1) is 17.6. The number of nitrogens with zero attached hydrogens (tertiary/aromatic N) is 2. The van der Waals surface area contributed by atoms with Crippen LogP contribution in [0.4, 0.5) is 10.5 Å². The van der Waals surface area contributed by atoms with Crippen LogP contribution in [-0.4, -0.2) is 35.2 Å². The Morgan fingerprint density at radius 1 is 1.13 bits per heavy atom. The zero-order valence-corrected chi connectivity index (χ0v) is 15.0. The number of amides is 2. The molecule has 0 aromatic heterocycles. The summed E-state index contributed by atoms with van der Waals surface area (Å²) in [7, 11) is 0. The second kappa shape index (κ2) is 7.68. The third-order valence-electron chi connectivity index (χ3n) is 4.17. The summed E-state index contributed by atoms with van der Waals surface area (Å²) in [6.07, 6.45) is 2.57. The van der Waals surface area contributed by atoms with Crippen LogP contribution >= 0.6 is 11.8 Å². The van der Waals surface area contributed by atoms with Crippen molar-refractivity contribution in [3.63, 3.8) is 0 Å². The summed E-state index contributed by atoms with van der Waals surface area (Å²) in [4.78, 5) is 28.6. The molecule has 23 heavy (non-hydrogen) atoms. The highest BCUT2D eigenvalue weighted by atomic mass is 32.2. The summed E-state index contributed by atoms with van der Waals surface area (Å²) in [6.45, 7) is 10.1. The van der Waals surface area contributed by atoms with Gasteiger partial charge in [-0.05, 0) is 62.7 Å². The maximum absolute atomic E-state index is 12.4. The van der Waals surface area contributed by atoms with E-state index in [1.807, 2.05) is 26.0 Å². The number of hydrogen-bond donors (Lipinski definition) is 0. The predicted molar refractivity (Wildman–Crippen MR) is 97.6 cm³/mol. The van der Waals surface area contributed by atoms with E-state index in [1.165, 1.54) is 10.6 Å². The maximum Gasteiger partial charge on any atom is 0.293 e. The molecule has 5 heteroatoms. The number of carbonyl (C=O) groups is 2. The van der Waals surface area contributed by atoms with Gasteiger partial charge in [-0.2, -0.15) is 0 Å². The Balaban J connectivity index is 2.19. The van der Waals surface area contributed by atoms with E-state index in [4.69, 9.17) is 0 Å². The molecular formula is C18H24N2O2S. The quantitative estimate of drug-likeness (QED) is 0.725. The van der Waals surface area contributed by atoms with Crippen molar-refractivity contribution >= 4 is 34.7 Å². The monoisotopic (exact) mass is 332 g/mol. The van der Waals surface area contributed by atoms with Crippen LogP contribution in [0, 0.1) is 0 Å². The highest BCUT2D eigenvalue weighted by molar-refractivity contribution is 8.18. The minimum Gasteiger partial charge on any atom is -0.372 e. The fourth-order valence-electron chi connectivity index (χ4n) is 2.56. The summed E-state index contributed by atoms with van der Waals surface area (Å²) < 4.78 is 0. The average molecular weight is 332 g/mol. The van der Waals surface area contributed by atoms with E-state index in [9.17, 15) is 9.59 Å². The minimum atomic E-state index is -0.179. The molecule has 1 aromatic rings. The molecule has 1 aliphatic heterocycles. The van der Waals surface area contributed by atoms with Crippen molar-refractivity contribution in [2.24, 2.45) is 0 Å². The van der Waals surface area contributed by atoms with Gasteiger partial charge < -0.3 is 4.90 Å². The Hall–Kier alpha value is -1.75. The zero-order chi connectivity index (χ0) is 17.0. The number of benzene rings is 1. The minimum absolute atomic E-state index is 0.0570. The van der Waals surface area contributed by atoms with Crippen molar-refractivity contribution in [3.05, 3.63) is 34.7 Å². The van der Waals surface area contributed by atoms with Gasteiger partial charge in [0, 0.05) is 24.8 Å². The van der Waals surface area contributed by atoms with Crippen LogP contribution in [0.25, 0.3) is 6.08 Å². The average Bonchev–Trinajstić information content (AvgIpc) is 2.83. The van der Waals surface area contributed by atoms with Crippen LogP contribution in [0.1, 0.15) is 39.7 Å². The van der Waals surface area contributed by atoms with Gasteiger partial charge in [0.05, 0.1) is 4.91 Å². The third-order valence-corrected chi connectivity index (χ3v) is 5.06. The van der Waals surface area contributed by atoms with Crippen molar-refractivity contribution < 1.29 is 9.59 Å². The lowest BCUT2D eigenvalue weighted by molar-refractivity contribution is -0.124. The van der Waals surface area contributed by atoms with Crippen LogP contribution in [0.5, 0.6) is 0 Å². The third kappa shape index (κ3) is 3.78. The van der Waals surface area contributed by atoms with Crippen molar-refractivity contribution in [2.75, 3.05) is 18.0 Å². The topological polar surface area (TPSA) is 40.6 Å². The highest BCUT2D eigenvalue weighted by Crippen LogP contribution is 2.34. The summed E-state index contributed by atoms with van der Waals surface area (Å²) in [5.74, 6) is -0.179. The van der Waals surface area contributed by atoms with E-state index in [-0.39, 0.29) is 17.2 Å². The summed E-state index contributed by atoms with van der Waals surface area (Å²) in [6, 6.07) is 8.03. The molecule has 124 valence electrons. The molecule has 2 amide bonds. The highest BCUT2D eigenvalue weighted by Gasteiger charge is 2.37. The first-order chi connectivity index (χ1) is 11.0. The molecule has 1 fully saturated rings. The van der Waals surface area contributed by atoms with E-state index in [1.54, 1.807) is 6.08 Å². The van der Waals surface area contributed by atoms with E-state index in [0.29, 0.717) is 4.91 Å². The van der Waals surface area contributed by atoms with E-state index in [0.717, 1.165) is 36.8 Å². The van der Waals surface area contributed by atoms with E-state index < -0.39 is 0 Å². The van der Waals surface area contributed by atoms with E-state index >= 15 is 0 Å². The number of rotatable bonds is 6. The Kier molecular flexibility index (Phi) is 5.88. The van der Waals surface area contributed by atoms with Gasteiger partial charge in [0.1, 0.15) is 0 Å². The van der Waals surface area contributed by atoms with Crippen LogP contribution in [0.2, 0.25) is 0 Å². The number of thioether (sulfide) groups is 1. The lowest BCUT2D eigenvalue weighted by Crippen LogP contribution is -2.36. The van der Waals surface area contributed by atoms with Crippen LogP contribution in [0.15, 0.2) is 29.2 Å². The predicted octanol–water partition coefficient (Wildman–Crippen LogP) is 4.37. The molecule has 1 aromatic carbocycles. The number of imide groups is 1. The molecule has 0 N–H and O–H groups in total. The van der Waals surface area contributed by atoms with Crippen LogP contribution < -0.4 is 4.90 Å². The summed E-state index contributed by atoms with van der Waals surface area (Å²) in [5, 5.41) is -0.171. The second-order valence-electron chi connectivity index (χ2n) is 5.57. The van der Waals surface area contributed by atoms with Gasteiger partial charge in [-0.1, -0.05) is 19.1 Å². The molecule has 0 unspecified atom stereocenters. The standard InChI is InChI=1S/C18H24N2O2S/c1-5-13(4)20-17(21)16(23-18(20)22)12-14-8-10-15(11-9-14)19(6-2)7-3/h8-13H,5-7H2,1-4H3/b16-12+/t13-/m0/s1. The Morgan fingerprint density at radius 2 is 1.74 bits per heavy atom. The zero-order valence-electron chi connectivity index (χ0n) is 14.2. The molecule has 1 aliphatic rings. The SMILES string of the molecule is CC[C@H](C)N1C(=O)S/C(=C/c2ccc(N(CC)CC)cc2)C1=O. The van der Waals surface area contributed by atoms with Crippen LogP contribution in [-0.2, 0) is 4.79 Å². The fourth-order valence-corrected chi connectivity index (χ4v) is 3.49. The molecule has 0 saturated carbocycles. The Bertz CT molecular complexity index is 606. The lowest BCUT2D eigenvalue weighted by Gasteiger charge is -2.21. The number of carbonyl (C=O) groups excluding carboxylic acids is 2. The molecule has 0 spiro atoms. The molecule has 1 saturated heterocycles. The van der Waals surface area contributed by atoms with Crippen molar-refractivity contribution in [1.29, 1.82) is 0 Å². The molecule has 0 bridgehead atoms. The molecular weight excluding hydrogens is 308 g/mol. The lowest BCUT2D eigenvalue weighted by atomic mass is 10.1. The van der Waals surface area contributed by atoms with Crippen molar-refractivity contribution in [2.45, 2.75) is 40.2 Å². The molecule has 1 heterocycles. The normalized spacial score (nSPS) is 17.9. The van der Waals surface area contributed by atoms with Crippen molar-refractivity contribution in [1.82, 2.24) is 4.90 Å². The van der Waals surface area contributed by atoms with Gasteiger partial charge >= 0.3 is 0 Å². The smallest absolute Gasteiger partial charge is 0.293 e. The van der Waals surface area contributed by atoms with Gasteiger partial charge in [0.15, 0.2) is 0 Å². The van der Waals surface area contributed by atoms with Crippen molar-refractivity contribution in [3.8, 4) is 0 Å². The van der Waals surface area contributed by atoms with Crippen LogP contribution in [0.3, 0.4) is 0 Å². The molecule has 1 atom stereocenters. The first-order valence-corrected chi connectivity index (χ1v) is 8.95. The molecule has 0 aliphatic carbocycles. The van der Waals surface area contributed by atoms with Gasteiger partial charge in [-0.25, -0.2) is 0 Å². The van der Waals surface area contributed by atoms with Gasteiger partial charge in [0.25, 0.3) is 11.1 Å². The molecule has 4 nitrogen and oxygen atoms in total.